The van der Waals surface area contributed by atoms with Crippen molar-refractivity contribution in [3.8, 4) is 0 Å². The zero-order valence-electron chi connectivity index (χ0n) is 8.15. The van der Waals surface area contributed by atoms with Gasteiger partial charge in [-0.05, 0) is 13.8 Å². The molecule has 0 fully saturated rings. The van der Waals surface area contributed by atoms with Crippen molar-refractivity contribution < 1.29 is 18.7 Å². The maximum absolute atomic E-state index is 11.1. The fourth-order valence-electron chi connectivity index (χ4n) is 0.777. The van der Waals surface area contributed by atoms with Crippen LogP contribution in [0, 0.1) is 0 Å². The molecule has 0 saturated carbocycles. The van der Waals surface area contributed by atoms with Crippen molar-refractivity contribution in [3.63, 3.8) is 0 Å². The van der Waals surface area contributed by atoms with E-state index in [9.17, 15) is 4.79 Å². The molecule has 1 rings (SSSR count). The Labute approximate surface area is 81.2 Å². The van der Waals surface area contributed by atoms with E-state index in [2.05, 4.69) is 14.9 Å². The van der Waals surface area contributed by atoms with Crippen LogP contribution in [0.2, 0.25) is 0 Å². The first-order chi connectivity index (χ1) is 6.77. The van der Waals surface area contributed by atoms with Crippen LogP contribution in [0.25, 0.3) is 0 Å². The molecule has 78 valence electrons. The summed E-state index contributed by atoms with van der Waals surface area (Å²) in [5.41, 5.74) is 0. The lowest BCUT2D eigenvalue weighted by molar-refractivity contribution is 0.0471. The van der Waals surface area contributed by atoms with Crippen molar-refractivity contribution in [2.75, 3.05) is 13.2 Å². The van der Waals surface area contributed by atoms with E-state index < -0.39 is 5.97 Å². The highest BCUT2D eigenvalue weighted by Crippen LogP contribution is 2.02. The van der Waals surface area contributed by atoms with E-state index in [1.54, 1.807) is 6.92 Å². The van der Waals surface area contributed by atoms with Crippen LogP contribution >= 0.6 is 0 Å². The van der Waals surface area contributed by atoms with Crippen LogP contribution in [-0.2, 0) is 16.1 Å². The quantitative estimate of drug-likeness (QED) is 0.654. The third kappa shape index (κ3) is 2.81. The molecule has 1 aromatic heterocycles. The number of ether oxygens (including phenoxy) is 2. The summed E-state index contributed by atoms with van der Waals surface area (Å²) < 4.78 is 14.7. The third-order valence-corrected chi connectivity index (χ3v) is 1.35. The summed E-state index contributed by atoms with van der Waals surface area (Å²) in [6.07, 6.45) is 0. The Bertz CT molecular complexity index is 297. The van der Waals surface area contributed by atoms with Gasteiger partial charge in [-0.25, -0.2) is 4.79 Å². The SMILES string of the molecule is CCOCc1nnc(C(=O)OCC)o1. The van der Waals surface area contributed by atoms with Crippen molar-refractivity contribution in [2.24, 2.45) is 0 Å². The van der Waals surface area contributed by atoms with Crippen LogP contribution in [-0.4, -0.2) is 29.4 Å². The van der Waals surface area contributed by atoms with Crippen molar-refractivity contribution in [1.29, 1.82) is 0 Å². The van der Waals surface area contributed by atoms with Gasteiger partial charge in [0.15, 0.2) is 0 Å². The highest BCUT2D eigenvalue weighted by molar-refractivity contribution is 5.83. The normalized spacial score (nSPS) is 10.1. The Hall–Kier alpha value is -1.43. The molecule has 6 nitrogen and oxygen atoms in total. The van der Waals surface area contributed by atoms with Gasteiger partial charge in [0, 0.05) is 6.61 Å². The highest BCUT2D eigenvalue weighted by Gasteiger charge is 2.15. The van der Waals surface area contributed by atoms with E-state index in [0.717, 1.165) is 0 Å². The summed E-state index contributed by atoms with van der Waals surface area (Å²) in [6, 6.07) is 0. The minimum absolute atomic E-state index is 0.137. The number of nitrogens with zero attached hydrogens (tertiary/aromatic N) is 2. The molecule has 0 bridgehead atoms. The van der Waals surface area contributed by atoms with Crippen LogP contribution in [0.1, 0.15) is 30.4 Å². The lowest BCUT2D eigenvalue weighted by Gasteiger charge is -1.95. The molecule has 14 heavy (non-hydrogen) atoms. The second kappa shape index (κ2) is 5.33. The molecule has 0 saturated heterocycles. The van der Waals surface area contributed by atoms with Crippen LogP contribution in [0.3, 0.4) is 0 Å². The second-order valence-electron chi connectivity index (χ2n) is 2.36. The number of aromatic nitrogens is 2. The molecule has 0 unspecified atom stereocenters. The van der Waals surface area contributed by atoms with E-state index in [-0.39, 0.29) is 25.0 Å². The first-order valence-electron chi connectivity index (χ1n) is 4.35. The summed E-state index contributed by atoms with van der Waals surface area (Å²) in [5, 5.41) is 7.13. The van der Waals surface area contributed by atoms with Crippen molar-refractivity contribution >= 4 is 5.97 Å². The lowest BCUT2D eigenvalue weighted by Crippen LogP contribution is -2.04. The molecule has 1 aromatic rings. The molecule has 0 aliphatic carbocycles. The molecule has 0 radical (unpaired) electrons. The van der Waals surface area contributed by atoms with E-state index in [1.807, 2.05) is 6.92 Å². The highest BCUT2D eigenvalue weighted by atomic mass is 16.5. The number of carbonyl (C=O) groups excluding carboxylic acids is 1. The van der Waals surface area contributed by atoms with Crippen LogP contribution in [0.15, 0.2) is 4.42 Å². The van der Waals surface area contributed by atoms with Crippen molar-refractivity contribution in [2.45, 2.75) is 20.5 Å². The van der Waals surface area contributed by atoms with Crippen LogP contribution < -0.4 is 0 Å². The summed E-state index contributed by atoms with van der Waals surface area (Å²) in [6.45, 7) is 4.60. The topological polar surface area (TPSA) is 74.5 Å². The Morgan fingerprint density at radius 2 is 2.14 bits per heavy atom. The van der Waals surface area contributed by atoms with Gasteiger partial charge >= 0.3 is 11.9 Å². The van der Waals surface area contributed by atoms with E-state index in [4.69, 9.17) is 9.15 Å². The van der Waals surface area contributed by atoms with Gasteiger partial charge in [-0.1, -0.05) is 0 Å². The summed E-state index contributed by atoms with van der Waals surface area (Å²) in [5.74, 6) is -0.473. The predicted molar refractivity (Wildman–Crippen MR) is 45.6 cm³/mol. The van der Waals surface area contributed by atoms with Gasteiger partial charge in [-0.3, -0.25) is 0 Å². The predicted octanol–water partition coefficient (Wildman–Crippen LogP) is 0.783. The average molecular weight is 200 g/mol. The fourth-order valence-corrected chi connectivity index (χ4v) is 0.777. The third-order valence-electron chi connectivity index (χ3n) is 1.35. The van der Waals surface area contributed by atoms with Crippen molar-refractivity contribution in [1.82, 2.24) is 10.2 Å². The Balaban J connectivity index is 2.54. The smallest absolute Gasteiger partial charge is 0.396 e. The maximum Gasteiger partial charge on any atom is 0.396 e. The van der Waals surface area contributed by atoms with Gasteiger partial charge in [0.2, 0.25) is 5.89 Å². The van der Waals surface area contributed by atoms with Gasteiger partial charge in [-0.2, -0.15) is 0 Å². The minimum Gasteiger partial charge on any atom is -0.459 e. The van der Waals surface area contributed by atoms with Gasteiger partial charge in [0.1, 0.15) is 6.61 Å². The molecule has 0 N–H and O–H groups in total. The van der Waals surface area contributed by atoms with Crippen LogP contribution in [0.4, 0.5) is 0 Å². The standard InChI is InChI=1S/C8H12N2O4/c1-3-12-5-6-9-10-7(14-6)8(11)13-4-2/h3-5H2,1-2H3. The minimum atomic E-state index is -0.609. The van der Waals surface area contributed by atoms with Crippen LogP contribution in [0.5, 0.6) is 0 Å². The first kappa shape index (κ1) is 10.6. The number of hydrogen-bond donors (Lipinski definition) is 0. The maximum atomic E-state index is 11.1. The number of carbonyl (C=O) groups is 1. The van der Waals surface area contributed by atoms with Gasteiger partial charge in [0.25, 0.3) is 0 Å². The van der Waals surface area contributed by atoms with E-state index >= 15 is 0 Å². The Morgan fingerprint density at radius 1 is 1.36 bits per heavy atom. The number of esters is 1. The molecule has 0 atom stereocenters. The zero-order valence-corrected chi connectivity index (χ0v) is 8.15. The molecule has 0 aliphatic heterocycles. The molecule has 0 amide bonds. The molecule has 0 aromatic carbocycles. The van der Waals surface area contributed by atoms with E-state index in [0.29, 0.717) is 6.61 Å². The van der Waals surface area contributed by atoms with E-state index in [1.165, 1.54) is 0 Å². The zero-order chi connectivity index (χ0) is 10.4. The number of hydrogen-bond acceptors (Lipinski definition) is 6. The summed E-state index contributed by atoms with van der Waals surface area (Å²) in [4.78, 5) is 11.1. The van der Waals surface area contributed by atoms with Gasteiger partial charge < -0.3 is 13.9 Å². The lowest BCUT2D eigenvalue weighted by atomic mass is 10.6. The summed E-state index contributed by atoms with van der Waals surface area (Å²) >= 11 is 0. The largest absolute Gasteiger partial charge is 0.459 e. The molecule has 0 spiro atoms. The Kier molecular flexibility index (Phi) is 4.06. The molecular weight excluding hydrogens is 188 g/mol. The molecule has 6 heteroatoms. The average Bonchev–Trinajstić information content (AvgIpc) is 2.63. The molecule has 0 aliphatic rings. The fraction of sp³-hybridized carbons (Fsp3) is 0.625. The van der Waals surface area contributed by atoms with Crippen molar-refractivity contribution in [3.05, 3.63) is 11.8 Å². The number of rotatable bonds is 5. The Morgan fingerprint density at radius 3 is 2.79 bits per heavy atom. The molecule has 1 heterocycles. The monoisotopic (exact) mass is 200 g/mol. The first-order valence-corrected chi connectivity index (χ1v) is 4.35. The molecular formula is C8H12N2O4. The van der Waals surface area contributed by atoms with Gasteiger partial charge in [-0.15, -0.1) is 10.2 Å². The summed E-state index contributed by atoms with van der Waals surface area (Å²) in [7, 11) is 0. The van der Waals surface area contributed by atoms with Gasteiger partial charge in [0.05, 0.1) is 6.61 Å². The second-order valence-corrected chi connectivity index (χ2v) is 2.36.